The summed E-state index contributed by atoms with van der Waals surface area (Å²) < 4.78 is 2.20. The van der Waals surface area contributed by atoms with Crippen molar-refractivity contribution in [1.29, 1.82) is 0 Å². The molecule has 1 aromatic carbocycles. The molecular weight excluding hydrogens is 372 g/mol. The summed E-state index contributed by atoms with van der Waals surface area (Å²) in [5.41, 5.74) is 2.48. The summed E-state index contributed by atoms with van der Waals surface area (Å²) in [7, 11) is 2.11. The summed E-state index contributed by atoms with van der Waals surface area (Å²) in [5.74, 6) is 2.03. The number of anilines is 1. The molecule has 1 aromatic heterocycles. The van der Waals surface area contributed by atoms with E-state index < -0.39 is 0 Å². The average molecular weight is 403 g/mol. The molecule has 0 bridgehead atoms. The van der Waals surface area contributed by atoms with E-state index in [1.54, 1.807) is 0 Å². The Morgan fingerprint density at radius 3 is 2.47 bits per heavy atom. The van der Waals surface area contributed by atoms with Crippen molar-refractivity contribution in [3.63, 3.8) is 0 Å². The molecular formula is C25H30N4O. The van der Waals surface area contributed by atoms with Crippen molar-refractivity contribution in [1.82, 2.24) is 14.8 Å². The standard InChI is InChI=1S/C25H30N4O/c1-28-22(25(13-14-25)21-11-5-2-3-6-12-21)26-27-23(28)29-17-15-24(19-30,16-18-29)20-9-7-4-8-10-20/h2-5,7-12,30H,6,13-19H2,1H3. The van der Waals surface area contributed by atoms with Gasteiger partial charge in [0.15, 0.2) is 0 Å². The summed E-state index contributed by atoms with van der Waals surface area (Å²) in [4.78, 5) is 2.34. The molecule has 1 N–H and O–H groups in total. The highest BCUT2D eigenvalue weighted by Gasteiger charge is 2.51. The molecule has 2 fully saturated rings. The first-order chi connectivity index (χ1) is 14.7. The van der Waals surface area contributed by atoms with Crippen LogP contribution in [0.3, 0.4) is 0 Å². The smallest absolute Gasteiger partial charge is 0.226 e. The molecule has 5 heteroatoms. The predicted octanol–water partition coefficient (Wildman–Crippen LogP) is 3.82. The monoisotopic (exact) mass is 402 g/mol. The van der Waals surface area contributed by atoms with Gasteiger partial charge in [0.25, 0.3) is 0 Å². The minimum absolute atomic E-state index is 0.0250. The largest absolute Gasteiger partial charge is 0.395 e. The van der Waals surface area contributed by atoms with Gasteiger partial charge < -0.3 is 10.0 Å². The number of allylic oxidation sites excluding steroid dienone is 6. The van der Waals surface area contributed by atoms with Crippen LogP contribution in [-0.4, -0.2) is 39.6 Å². The van der Waals surface area contributed by atoms with Gasteiger partial charge in [-0.2, -0.15) is 0 Å². The Kier molecular flexibility index (Phi) is 4.86. The summed E-state index contributed by atoms with van der Waals surface area (Å²) >= 11 is 0. The maximum Gasteiger partial charge on any atom is 0.226 e. The molecule has 0 radical (unpaired) electrons. The molecule has 2 aromatic rings. The highest BCUT2D eigenvalue weighted by molar-refractivity contribution is 5.47. The van der Waals surface area contributed by atoms with Gasteiger partial charge in [0, 0.05) is 25.6 Å². The van der Waals surface area contributed by atoms with Gasteiger partial charge in [-0.3, -0.25) is 4.57 Å². The van der Waals surface area contributed by atoms with Gasteiger partial charge in [-0.25, -0.2) is 0 Å². The van der Waals surface area contributed by atoms with Gasteiger partial charge >= 0.3 is 0 Å². The maximum atomic E-state index is 10.2. The Hall–Kier alpha value is -2.66. The SMILES string of the molecule is Cn1c(N2CCC(CO)(c3ccccc3)CC2)nnc1C1(C2=CCC=CC=C2)CC1. The summed E-state index contributed by atoms with van der Waals surface area (Å²) in [5, 5.41) is 19.5. The van der Waals surface area contributed by atoms with E-state index in [2.05, 4.69) is 81.4 Å². The summed E-state index contributed by atoms with van der Waals surface area (Å²) in [6.45, 7) is 1.94. The second-order valence-corrected chi connectivity index (χ2v) is 8.94. The van der Waals surface area contributed by atoms with Gasteiger partial charge in [0.05, 0.1) is 12.0 Å². The van der Waals surface area contributed by atoms with Gasteiger partial charge in [-0.05, 0) is 43.2 Å². The number of aromatic nitrogens is 3. The van der Waals surface area contributed by atoms with E-state index in [1.807, 2.05) is 6.07 Å². The normalized spacial score (nSPS) is 21.9. The van der Waals surface area contributed by atoms with Crippen molar-refractivity contribution in [2.24, 2.45) is 7.05 Å². The molecule has 3 aliphatic rings. The summed E-state index contributed by atoms with van der Waals surface area (Å²) in [6.07, 6.45) is 16.1. The topological polar surface area (TPSA) is 54.2 Å². The molecule has 5 rings (SSSR count). The van der Waals surface area contributed by atoms with Crippen molar-refractivity contribution in [2.75, 3.05) is 24.6 Å². The molecule has 30 heavy (non-hydrogen) atoms. The van der Waals surface area contributed by atoms with Crippen LogP contribution in [0.25, 0.3) is 0 Å². The molecule has 2 heterocycles. The van der Waals surface area contributed by atoms with Crippen molar-refractivity contribution in [3.8, 4) is 0 Å². The molecule has 0 unspecified atom stereocenters. The Labute approximate surface area is 178 Å². The quantitative estimate of drug-likeness (QED) is 0.826. The Balaban J connectivity index is 1.36. The first kappa shape index (κ1) is 19.3. The van der Waals surface area contributed by atoms with Crippen LogP contribution in [0, 0.1) is 0 Å². The van der Waals surface area contributed by atoms with E-state index in [1.165, 1.54) is 11.1 Å². The molecule has 0 atom stereocenters. The van der Waals surface area contributed by atoms with Gasteiger partial charge in [0.1, 0.15) is 5.82 Å². The number of piperidine rings is 1. The highest BCUT2D eigenvalue weighted by Crippen LogP contribution is 2.54. The molecule has 0 amide bonds. The van der Waals surface area contributed by atoms with Crippen LogP contribution in [-0.2, 0) is 17.9 Å². The third-order valence-corrected chi connectivity index (χ3v) is 7.27. The zero-order valence-electron chi connectivity index (χ0n) is 17.7. The fourth-order valence-corrected chi connectivity index (χ4v) is 5.18. The molecule has 1 saturated carbocycles. The van der Waals surface area contributed by atoms with E-state index >= 15 is 0 Å². The third-order valence-electron chi connectivity index (χ3n) is 7.27. The lowest BCUT2D eigenvalue weighted by Crippen LogP contribution is -2.45. The van der Waals surface area contributed by atoms with Gasteiger partial charge in [-0.15, -0.1) is 10.2 Å². The van der Waals surface area contributed by atoms with E-state index in [0.29, 0.717) is 0 Å². The van der Waals surface area contributed by atoms with E-state index in [4.69, 9.17) is 0 Å². The maximum absolute atomic E-state index is 10.2. The fourth-order valence-electron chi connectivity index (χ4n) is 5.18. The zero-order chi connectivity index (χ0) is 20.6. The zero-order valence-corrected chi connectivity index (χ0v) is 17.7. The van der Waals surface area contributed by atoms with Crippen LogP contribution in [0.1, 0.15) is 43.5 Å². The number of aliphatic hydroxyl groups is 1. The molecule has 1 aliphatic heterocycles. The fraction of sp³-hybridized carbons (Fsp3) is 0.440. The number of hydrogen-bond acceptors (Lipinski definition) is 4. The lowest BCUT2D eigenvalue weighted by Gasteiger charge is -2.41. The number of hydrogen-bond donors (Lipinski definition) is 1. The third kappa shape index (κ3) is 3.12. The number of nitrogens with zero attached hydrogens (tertiary/aromatic N) is 4. The summed E-state index contributed by atoms with van der Waals surface area (Å²) in [6, 6.07) is 10.5. The van der Waals surface area contributed by atoms with Crippen LogP contribution >= 0.6 is 0 Å². The van der Waals surface area contributed by atoms with Gasteiger partial charge in [0.2, 0.25) is 5.95 Å². The second kappa shape index (κ2) is 7.55. The lowest BCUT2D eigenvalue weighted by atomic mass is 9.73. The average Bonchev–Trinajstić information content (AvgIpc) is 3.56. The van der Waals surface area contributed by atoms with E-state index in [-0.39, 0.29) is 17.4 Å². The molecule has 0 spiro atoms. The first-order valence-electron chi connectivity index (χ1n) is 11.0. The van der Waals surface area contributed by atoms with E-state index in [9.17, 15) is 5.11 Å². The molecule has 5 nitrogen and oxygen atoms in total. The van der Waals surface area contributed by atoms with Crippen molar-refractivity contribution < 1.29 is 5.11 Å². The molecule has 156 valence electrons. The van der Waals surface area contributed by atoms with Crippen molar-refractivity contribution in [3.05, 3.63) is 77.7 Å². The minimum Gasteiger partial charge on any atom is -0.395 e. The van der Waals surface area contributed by atoms with Crippen LogP contribution in [0.4, 0.5) is 5.95 Å². The Morgan fingerprint density at radius 2 is 1.77 bits per heavy atom. The number of benzene rings is 1. The van der Waals surface area contributed by atoms with Crippen LogP contribution < -0.4 is 4.90 Å². The van der Waals surface area contributed by atoms with Crippen molar-refractivity contribution >= 4 is 5.95 Å². The van der Waals surface area contributed by atoms with Crippen LogP contribution in [0.2, 0.25) is 0 Å². The molecule has 1 saturated heterocycles. The lowest BCUT2D eigenvalue weighted by molar-refractivity contribution is 0.165. The van der Waals surface area contributed by atoms with Crippen LogP contribution in [0.15, 0.2) is 66.3 Å². The first-order valence-corrected chi connectivity index (χ1v) is 11.0. The van der Waals surface area contributed by atoms with Crippen molar-refractivity contribution in [2.45, 2.75) is 42.9 Å². The minimum atomic E-state index is -0.153. The highest BCUT2D eigenvalue weighted by atomic mass is 16.3. The van der Waals surface area contributed by atoms with E-state index in [0.717, 1.165) is 57.0 Å². The van der Waals surface area contributed by atoms with Gasteiger partial charge in [-0.1, -0.05) is 60.7 Å². The second-order valence-electron chi connectivity index (χ2n) is 8.94. The van der Waals surface area contributed by atoms with Crippen LogP contribution in [0.5, 0.6) is 0 Å². The Morgan fingerprint density at radius 1 is 1.00 bits per heavy atom. The number of rotatable bonds is 5. The predicted molar refractivity (Wildman–Crippen MR) is 120 cm³/mol. The Bertz CT molecular complexity index is 989. The number of aliphatic hydroxyl groups excluding tert-OH is 1. The molecule has 2 aliphatic carbocycles.